The van der Waals surface area contributed by atoms with Gasteiger partial charge in [0.05, 0.1) is 6.04 Å². The van der Waals surface area contributed by atoms with Crippen LogP contribution in [-0.2, 0) is 4.79 Å². The number of ether oxygens (including phenoxy) is 1. The molecule has 1 aromatic rings. The normalized spacial score (nSPS) is 40.6. The van der Waals surface area contributed by atoms with Crippen LogP contribution in [0.2, 0.25) is 0 Å². The summed E-state index contributed by atoms with van der Waals surface area (Å²) in [6.45, 7) is 0.577. The molecule has 1 heterocycles. The van der Waals surface area contributed by atoms with Gasteiger partial charge in [-0.25, -0.2) is 4.39 Å². The molecule has 4 bridgehead atoms. The fourth-order valence-corrected chi connectivity index (χ4v) is 6.14. The van der Waals surface area contributed by atoms with E-state index >= 15 is 0 Å². The highest BCUT2D eigenvalue weighted by Crippen LogP contribution is 2.53. The number of para-hydroxylation sites is 1. The highest BCUT2D eigenvalue weighted by Gasteiger charge is 2.49. The first-order valence-corrected chi connectivity index (χ1v) is 10.1. The Morgan fingerprint density at radius 1 is 1.04 bits per heavy atom. The number of carbonyl (C=O) groups excluding carboxylic acids is 1. The summed E-state index contributed by atoms with van der Waals surface area (Å²) >= 11 is 0. The van der Waals surface area contributed by atoms with Crippen LogP contribution in [0.5, 0.6) is 5.75 Å². The van der Waals surface area contributed by atoms with Gasteiger partial charge in [0, 0.05) is 19.0 Å². The van der Waals surface area contributed by atoms with E-state index in [4.69, 9.17) is 4.74 Å². The van der Waals surface area contributed by atoms with Crippen LogP contribution in [0.15, 0.2) is 24.3 Å². The Hall–Kier alpha value is -1.62. The van der Waals surface area contributed by atoms with Crippen molar-refractivity contribution in [1.29, 1.82) is 0 Å². The molecular formula is C21H27FN2O2. The van der Waals surface area contributed by atoms with E-state index in [1.165, 1.54) is 38.2 Å². The summed E-state index contributed by atoms with van der Waals surface area (Å²) in [6, 6.07) is 6.58. The van der Waals surface area contributed by atoms with E-state index in [-0.39, 0.29) is 29.6 Å². The summed E-state index contributed by atoms with van der Waals surface area (Å²) in [5.41, 5.74) is 0. The van der Waals surface area contributed by atoms with E-state index < -0.39 is 0 Å². The summed E-state index contributed by atoms with van der Waals surface area (Å²) < 4.78 is 19.5. The zero-order chi connectivity index (χ0) is 17.7. The van der Waals surface area contributed by atoms with Crippen molar-refractivity contribution in [1.82, 2.24) is 10.6 Å². The van der Waals surface area contributed by atoms with Gasteiger partial charge in [-0.2, -0.15) is 0 Å². The third-order valence-corrected chi connectivity index (χ3v) is 7.07. The molecule has 0 radical (unpaired) electrons. The molecule has 4 saturated carbocycles. The van der Waals surface area contributed by atoms with Gasteiger partial charge in [0.25, 0.3) is 0 Å². The van der Waals surface area contributed by atoms with Crippen LogP contribution in [0.3, 0.4) is 0 Å². The summed E-state index contributed by atoms with van der Waals surface area (Å²) in [7, 11) is 0. The summed E-state index contributed by atoms with van der Waals surface area (Å²) in [4.78, 5) is 12.8. The van der Waals surface area contributed by atoms with Gasteiger partial charge >= 0.3 is 0 Å². The Morgan fingerprint density at radius 3 is 2.42 bits per heavy atom. The molecule has 1 saturated heterocycles. The Kier molecular flexibility index (Phi) is 4.15. The number of rotatable bonds is 4. The molecule has 2 atom stereocenters. The molecule has 26 heavy (non-hydrogen) atoms. The lowest BCUT2D eigenvalue weighted by atomic mass is 9.54. The number of halogens is 1. The minimum absolute atomic E-state index is 0.0992. The van der Waals surface area contributed by atoms with Crippen LogP contribution >= 0.6 is 0 Å². The van der Waals surface area contributed by atoms with Crippen molar-refractivity contribution in [2.45, 2.75) is 56.7 Å². The van der Waals surface area contributed by atoms with Crippen LogP contribution in [0, 0.1) is 29.5 Å². The molecule has 5 heteroatoms. The molecule has 5 fully saturated rings. The lowest BCUT2D eigenvalue weighted by Crippen LogP contribution is -2.58. The maximum Gasteiger partial charge on any atom is 0.237 e. The molecule has 1 aliphatic heterocycles. The Balaban J connectivity index is 1.18. The lowest BCUT2D eigenvalue weighted by Gasteiger charge is -2.54. The molecular weight excluding hydrogens is 331 g/mol. The number of hydrogen-bond donors (Lipinski definition) is 2. The minimum Gasteiger partial charge on any atom is -0.486 e. The highest BCUT2D eigenvalue weighted by molar-refractivity contribution is 5.82. The van der Waals surface area contributed by atoms with Crippen LogP contribution in [-0.4, -0.2) is 30.6 Å². The largest absolute Gasteiger partial charge is 0.486 e. The smallest absolute Gasteiger partial charge is 0.237 e. The minimum atomic E-state index is -0.353. The van der Waals surface area contributed by atoms with E-state index in [9.17, 15) is 9.18 Å². The van der Waals surface area contributed by atoms with Gasteiger partial charge in [-0.05, 0) is 67.9 Å². The molecule has 0 aromatic heterocycles. The van der Waals surface area contributed by atoms with E-state index in [1.54, 1.807) is 18.2 Å². The van der Waals surface area contributed by atoms with E-state index in [2.05, 4.69) is 10.6 Å². The first kappa shape index (κ1) is 16.5. The van der Waals surface area contributed by atoms with E-state index in [0.717, 1.165) is 11.8 Å². The van der Waals surface area contributed by atoms with Crippen LogP contribution in [0.1, 0.15) is 38.5 Å². The van der Waals surface area contributed by atoms with Crippen molar-refractivity contribution >= 4 is 5.91 Å². The SMILES string of the molecule is O=C(NC1C2CC3CC(C2)CC1C3)[C@@H]1C[C@H](Oc2ccccc2F)CN1. The fraction of sp³-hybridized carbons (Fsp3) is 0.667. The van der Waals surface area contributed by atoms with Gasteiger partial charge in [-0.3, -0.25) is 4.79 Å². The second-order valence-electron chi connectivity index (χ2n) is 8.83. The molecule has 0 spiro atoms. The molecule has 4 nitrogen and oxygen atoms in total. The monoisotopic (exact) mass is 358 g/mol. The Labute approximate surface area is 153 Å². The van der Waals surface area contributed by atoms with Crippen molar-refractivity contribution in [3.63, 3.8) is 0 Å². The fourth-order valence-electron chi connectivity index (χ4n) is 6.14. The predicted molar refractivity (Wildman–Crippen MR) is 96.2 cm³/mol. The average molecular weight is 358 g/mol. The van der Waals surface area contributed by atoms with Gasteiger partial charge in [0.2, 0.25) is 5.91 Å². The van der Waals surface area contributed by atoms with Crippen molar-refractivity contribution in [2.24, 2.45) is 23.7 Å². The maximum atomic E-state index is 13.7. The molecule has 0 unspecified atom stereocenters. The van der Waals surface area contributed by atoms with Gasteiger partial charge in [0.1, 0.15) is 6.10 Å². The quantitative estimate of drug-likeness (QED) is 0.870. The first-order valence-electron chi connectivity index (χ1n) is 10.1. The van der Waals surface area contributed by atoms with E-state index in [0.29, 0.717) is 30.8 Å². The van der Waals surface area contributed by atoms with Crippen molar-refractivity contribution < 1.29 is 13.9 Å². The average Bonchev–Trinajstić information content (AvgIpc) is 3.08. The molecule has 1 amide bonds. The highest BCUT2D eigenvalue weighted by atomic mass is 19.1. The molecule has 6 rings (SSSR count). The van der Waals surface area contributed by atoms with Crippen LogP contribution in [0.25, 0.3) is 0 Å². The summed E-state index contributed by atoms with van der Waals surface area (Å²) in [6.07, 6.45) is 7.05. The van der Waals surface area contributed by atoms with Crippen LogP contribution < -0.4 is 15.4 Å². The Bertz CT molecular complexity index is 666. The summed E-state index contributed by atoms with van der Waals surface area (Å²) in [5, 5.41) is 6.63. The number of hydrogen-bond acceptors (Lipinski definition) is 3. The van der Waals surface area contributed by atoms with Gasteiger partial charge in [0.15, 0.2) is 11.6 Å². The molecule has 1 aromatic carbocycles. The zero-order valence-corrected chi connectivity index (χ0v) is 15.0. The number of amides is 1. The lowest BCUT2D eigenvalue weighted by molar-refractivity contribution is -0.126. The molecule has 140 valence electrons. The number of carbonyl (C=O) groups is 1. The third-order valence-electron chi connectivity index (χ3n) is 7.07. The topological polar surface area (TPSA) is 50.4 Å². The molecule has 4 aliphatic carbocycles. The first-order chi connectivity index (χ1) is 12.7. The standard InChI is InChI=1S/C21H27FN2O2/c22-17-3-1-2-4-19(17)26-16-10-18(23-11-16)21(25)24-20-14-6-12-5-13(8-14)9-15(20)7-12/h1-4,12-16,18,20,23H,5-11H2,(H,24,25)/t12?,13?,14?,15?,16-,18-,20?/m0/s1. The second kappa shape index (κ2) is 6.52. The van der Waals surface area contributed by atoms with Crippen molar-refractivity contribution in [3.8, 4) is 5.75 Å². The van der Waals surface area contributed by atoms with Gasteiger partial charge < -0.3 is 15.4 Å². The molecule has 2 N–H and O–H groups in total. The zero-order valence-electron chi connectivity index (χ0n) is 15.0. The van der Waals surface area contributed by atoms with Crippen molar-refractivity contribution in [2.75, 3.05) is 6.54 Å². The Morgan fingerprint density at radius 2 is 1.73 bits per heavy atom. The predicted octanol–water partition coefficient (Wildman–Crippen LogP) is 2.88. The molecule has 5 aliphatic rings. The third kappa shape index (κ3) is 3.00. The van der Waals surface area contributed by atoms with Crippen molar-refractivity contribution in [3.05, 3.63) is 30.1 Å². The van der Waals surface area contributed by atoms with Gasteiger partial charge in [-0.1, -0.05) is 12.1 Å². The number of benzene rings is 1. The number of nitrogens with one attached hydrogen (secondary N) is 2. The summed E-state index contributed by atoms with van der Waals surface area (Å²) in [5.74, 6) is 3.20. The van der Waals surface area contributed by atoms with Gasteiger partial charge in [-0.15, -0.1) is 0 Å². The van der Waals surface area contributed by atoms with Crippen LogP contribution in [0.4, 0.5) is 4.39 Å². The second-order valence-corrected chi connectivity index (χ2v) is 8.83. The maximum absolute atomic E-state index is 13.7. The van der Waals surface area contributed by atoms with E-state index in [1.807, 2.05) is 0 Å².